The van der Waals surface area contributed by atoms with E-state index < -0.39 is 18.1 Å². The highest BCUT2D eigenvalue weighted by atomic mass is 16.5. The monoisotopic (exact) mass is 475 g/mol. The summed E-state index contributed by atoms with van der Waals surface area (Å²) >= 11 is 0. The van der Waals surface area contributed by atoms with Crippen molar-refractivity contribution in [1.82, 2.24) is 10.2 Å². The van der Waals surface area contributed by atoms with Crippen molar-refractivity contribution in [2.45, 2.75) is 56.5 Å². The Kier molecular flexibility index (Phi) is 7.66. The highest BCUT2D eigenvalue weighted by Crippen LogP contribution is 2.44. The molecule has 8 nitrogen and oxygen atoms in total. The summed E-state index contributed by atoms with van der Waals surface area (Å²) in [4.78, 5) is 38.6. The first-order valence-electron chi connectivity index (χ1n) is 12.0. The van der Waals surface area contributed by atoms with E-state index in [4.69, 9.17) is 15.1 Å². The van der Waals surface area contributed by atoms with Gasteiger partial charge in [-0.1, -0.05) is 48.5 Å². The third kappa shape index (κ3) is 5.80. The van der Waals surface area contributed by atoms with Crippen LogP contribution in [0.2, 0.25) is 0 Å². The fourth-order valence-corrected chi connectivity index (χ4v) is 4.70. The van der Waals surface area contributed by atoms with Crippen molar-refractivity contribution in [1.29, 1.82) is 5.26 Å². The van der Waals surface area contributed by atoms with E-state index in [0.717, 1.165) is 35.1 Å². The summed E-state index contributed by atoms with van der Waals surface area (Å²) in [5.41, 5.74) is 4.44. The molecule has 0 aromatic heterocycles. The van der Waals surface area contributed by atoms with Gasteiger partial charge in [0, 0.05) is 24.9 Å². The van der Waals surface area contributed by atoms with Gasteiger partial charge in [0.1, 0.15) is 12.6 Å². The summed E-state index contributed by atoms with van der Waals surface area (Å²) in [5, 5.41) is 20.6. The number of nitriles is 1. The first-order valence-corrected chi connectivity index (χ1v) is 12.0. The first-order chi connectivity index (χ1) is 17.0. The average Bonchev–Trinajstić information content (AvgIpc) is 3.64. The van der Waals surface area contributed by atoms with Gasteiger partial charge in [-0.3, -0.25) is 9.59 Å². The number of benzene rings is 2. The van der Waals surface area contributed by atoms with E-state index in [9.17, 15) is 14.4 Å². The lowest BCUT2D eigenvalue weighted by Crippen LogP contribution is -2.50. The van der Waals surface area contributed by atoms with Crippen LogP contribution in [-0.4, -0.2) is 53.2 Å². The van der Waals surface area contributed by atoms with Gasteiger partial charge in [0.2, 0.25) is 5.91 Å². The zero-order chi connectivity index (χ0) is 24.8. The second-order valence-electron chi connectivity index (χ2n) is 8.98. The molecule has 2 aromatic rings. The molecule has 1 unspecified atom stereocenters. The Morgan fingerprint density at radius 3 is 2.29 bits per heavy atom. The first kappa shape index (κ1) is 24.3. The Bertz CT molecular complexity index is 1090. The number of amides is 2. The third-order valence-corrected chi connectivity index (χ3v) is 6.55. The van der Waals surface area contributed by atoms with Gasteiger partial charge in [0.25, 0.3) is 0 Å². The highest BCUT2D eigenvalue weighted by molar-refractivity contribution is 5.86. The summed E-state index contributed by atoms with van der Waals surface area (Å²) in [7, 11) is 0. The number of alkyl carbamates (subject to hydrolysis) is 1. The van der Waals surface area contributed by atoms with E-state index in [1.807, 2.05) is 36.4 Å². The van der Waals surface area contributed by atoms with Crippen molar-refractivity contribution in [3.63, 3.8) is 0 Å². The number of nitrogens with zero attached hydrogens (tertiary/aromatic N) is 2. The average molecular weight is 476 g/mol. The number of fused-ring (bicyclic) bond motifs is 3. The Hall–Kier alpha value is -3.86. The molecule has 182 valence electrons. The van der Waals surface area contributed by atoms with Gasteiger partial charge >= 0.3 is 12.1 Å². The van der Waals surface area contributed by atoms with Gasteiger partial charge in [-0.15, -0.1) is 0 Å². The lowest BCUT2D eigenvalue weighted by Gasteiger charge is -2.27. The van der Waals surface area contributed by atoms with Crippen molar-refractivity contribution in [3.05, 3.63) is 59.7 Å². The van der Waals surface area contributed by atoms with Gasteiger partial charge in [-0.25, -0.2) is 4.79 Å². The zero-order valence-electron chi connectivity index (χ0n) is 19.5. The normalized spacial score (nSPS) is 14.8. The molecule has 2 aliphatic rings. The quantitative estimate of drug-likeness (QED) is 0.473. The second-order valence-corrected chi connectivity index (χ2v) is 8.98. The van der Waals surface area contributed by atoms with Crippen LogP contribution in [-0.2, 0) is 14.3 Å². The molecule has 0 saturated heterocycles. The largest absolute Gasteiger partial charge is 0.481 e. The smallest absolute Gasteiger partial charge is 0.407 e. The predicted octanol–water partition coefficient (Wildman–Crippen LogP) is 4.05. The molecule has 2 aromatic carbocycles. The Labute approximate surface area is 204 Å². The fourth-order valence-electron chi connectivity index (χ4n) is 4.70. The fraction of sp³-hybridized carbons (Fsp3) is 0.407. The molecule has 0 heterocycles. The molecule has 1 atom stereocenters. The van der Waals surface area contributed by atoms with Crippen molar-refractivity contribution in [2.75, 3.05) is 13.2 Å². The molecule has 0 spiro atoms. The van der Waals surface area contributed by atoms with Gasteiger partial charge in [-0.05, 0) is 47.9 Å². The molecule has 2 N–H and O–H groups in total. The standard InChI is InChI=1S/C27H29N3O5/c28-15-6-5-11-24(26(33)30(18-12-13-18)16-14-25(31)32)29-27(34)35-17-23-21-9-3-1-7-19(21)20-8-2-4-10-22(20)23/h1-4,7-10,18,23-24H,5-6,11-14,16-17H2,(H,29,34)(H,31,32). The van der Waals surface area contributed by atoms with Gasteiger partial charge in [-0.2, -0.15) is 5.26 Å². The Balaban J connectivity index is 1.42. The topological polar surface area (TPSA) is 120 Å². The number of aliphatic carboxylic acids is 1. The van der Waals surface area contributed by atoms with Gasteiger partial charge < -0.3 is 20.1 Å². The number of carboxylic acid groups (broad SMARTS) is 1. The number of carbonyl (C=O) groups is 3. The molecular formula is C27H29N3O5. The molecule has 0 radical (unpaired) electrons. The van der Waals surface area contributed by atoms with E-state index in [0.29, 0.717) is 6.42 Å². The van der Waals surface area contributed by atoms with E-state index in [1.165, 1.54) is 0 Å². The van der Waals surface area contributed by atoms with Crippen molar-refractivity contribution >= 4 is 18.0 Å². The van der Waals surface area contributed by atoms with Gasteiger partial charge in [0.15, 0.2) is 0 Å². The van der Waals surface area contributed by atoms with Gasteiger partial charge in [0.05, 0.1) is 12.5 Å². The maximum Gasteiger partial charge on any atom is 0.407 e. The van der Waals surface area contributed by atoms with E-state index in [1.54, 1.807) is 4.90 Å². The molecule has 8 heteroatoms. The number of nitrogens with one attached hydrogen (secondary N) is 1. The lowest BCUT2D eigenvalue weighted by molar-refractivity contribution is -0.139. The Morgan fingerprint density at radius 2 is 1.71 bits per heavy atom. The second kappa shape index (κ2) is 11.0. The maximum atomic E-state index is 13.2. The van der Waals surface area contributed by atoms with Crippen LogP contribution in [0.1, 0.15) is 55.6 Å². The lowest BCUT2D eigenvalue weighted by atomic mass is 9.98. The van der Waals surface area contributed by atoms with Crippen LogP contribution in [0, 0.1) is 11.3 Å². The minimum atomic E-state index is -0.978. The van der Waals surface area contributed by atoms with Crippen molar-refractivity contribution < 1.29 is 24.2 Å². The van der Waals surface area contributed by atoms with Crippen molar-refractivity contribution in [3.8, 4) is 17.2 Å². The van der Waals surface area contributed by atoms with E-state index in [2.05, 4.69) is 23.5 Å². The SMILES string of the molecule is N#CCCCC(NC(=O)OCC1c2ccccc2-c2ccccc21)C(=O)N(CCC(=O)O)C1CC1. The summed E-state index contributed by atoms with van der Waals surface area (Å²) in [6.45, 7) is 0.226. The van der Waals surface area contributed by atoms with Crippen LogP contribution in [0.5, 0.6) is 0 Å². The highest BCUT2D eigenvalue weighted by Gasteiger charge is 2.37. The molecular weight excluding hydrogens is 446 g/mol. The van der Waals surface area contributed by atoms with Crippen molar-refractivity contribution in [2.24, 2.45) is 0 Å². The molecule has 2 aliphatic carbocycles. The van der Waals surface area contributed by atoms with Crippen LogP contribution >= 0.6 is 0 Å². The molecule has 0 aliphatic heterocycles. The number of carbonyl (C=O) groups excluding carboxylic acids is 2. The van der Waals surface area contributed by atoms with Crippen LogP contribution in [0.15, 0.2) is 48.5 Å². The Morgan fingerprint density at radius 1 is 1.09 bits per heavy atom. The number of rotatable bonds is 11. The summed E-state index contributed by atoms with van der Waals surface area (Å²) in [6.07, 6.45) is 1.77. The molecule has 2 amide bonds. The molecule has 4 rings (SSSR count). The maximum absolute atomic E-state index is 13.2. The zero-order valence-corrected chi connectivity index (χ0v) is 19.5. The minimum absolute atomic E-state index is 0.00429. The van der Waals surface area contributed by atoms with Crippen LogP contribution in [0.3, 0.4) is 0 Å². The molecule has 1 saturated carbocycles. The van der Waals surface area contributed by atoms with Crippen LogP contribution in [0.4, 0.5) is 4.79 Å². The number of carboxylic acids is 1. The number of ether oxygens (including phenoxy) is 1. The van der Waals surface area contributed by atoms with Crippen LogP contribution < -0.4 is 5.32 Å². The molecule has 1 fully saturated rings. The summed E-state index contributed by atoms with van der Waals surface area (Å²) < 4.78 is 5.60. The third-order valence-electron chi connectivity index (χ3n) is 6.55. The van der Waals surface area contributed by atoms with E-state index in [-0.39, 0.29) is 50.3 Å². The number of unbranched alkanes of at least 4 members (excludes halogenated alkanes) is 1. The molecule has 0 bridgehead atoms. The number of hydrogen-bond acceptors (Lipinski definition) is 5. The predicted molar refractivity (Wildman–Crippen MR) is 128 cm³/mol. The molecule has 35 heavy (non-hydrogen) atoms. The summed E-state index contributed by atoms with van der Waals surface area (Å²) in [6, 6.07) is 17.3. The van der Waals surface area contributed by atoms with Crippen LogP contribution in [0.25, 0.3) is 11.1 Å². The summed E-state index contributed by atoms with van der Waals surface area (Å²) in [5.74, 6) is -1.39. The van der Waals surface area contributed by atoms with E-state index >= 15 is 0 Å². The number of hydrogen-bond donors (Lipinski definition) is 2. The minimum Gasteiger partial charge on any atom is -0.481 e.